The molecule has 1 aromatic carbocycles. The van der Waals surface area contributed by atoms with Gasteiger partial charge in [-0.25, -0.2) is 0 Å². The van der Waals surface area contributed by atoms with E-state index in [4.69, 9.17) is 15.2 Å². The molecule has 1 aliphatic heterocycles. The number of nitrogens with two attached hydrogens (primary N) is 1. The molecule has 0 bridgehead atoms. The average Bonchev–Trinajstić information content (AvgIpc) is 2.56. The van der Waals surface area contributed by atoms with E-state index in [0.717, 1.165) is 25.9 Å². The van der Waals surface area contributed by atoms with E-state index in [-0.39, 0.29) is 24.4 Å². The fourth-order valence-electron chi connectivity index (χ4n) is 2.81. The maximum atomic E-state index is 12.4. The van der Waals surface area contributed by atoms with Crippen LogP contribution in [-0.4, -0.2) is 56.1 Å². The van der Waals surface area contributed by atoms with Crippen molar-refractivity contribution in [2.45, 2.75) is 25.8 Å². The Hall–Kier alpha value is -2.28. The van der Waals surface area contributed by atoms with Crippen LogP contribution in [0.4, 0.5) is 0 Å². The number of rotatable bonds is 7. The zero-order valence-electron chi connectivity index (χ0n) is 14.2. The summed E-state index contributed by atoms with van der Waals surface area (Å²) in [6, 6.07) is 5.25. The summed E-state index contributed by atoms with van der Waals surface area (Å²) in [5.41, 5.74) is 5.74. The fourth-order valence-corrected chi connectivity index (χ4v) is 2.81. The first-order valence-electron chi connectivity index (χ1n) is 8.15. The first-order chi connectivity index (χ1) is 11.5. The molecule has 2 amide bonds. The lowest BCUT2D eigenvalue weighted by Crippen LogP contribution is -2.46. The molecule has 0 spiro atoms. The summed E-state index contributed by atoms with van der Waals surface area (Å²) in [5.74, 6) is 0.709. The number of amides is 2. The van der Waals surface area contributed by atoms with Crippen LogP contribution >= 0.6 is 0 Å². The number of likely N-dealkylation sites (tertiary alicyclic amines) is 1. The van der Waals surface area contributed by atoms with Crippen LogP contribution in [0.5, 0.6) is 11.5 Å². The number of ether oxygens (including phenoxy) is 2. The number of nitrogens with one attached hydrogen (secondary N) is 1. The Labute approximate surface area is 142 Å². The molecular weight excluding hydrogens is 310 g/mol. The van der Waals surface area contributed by atoms with Gasteiger partial charge in [-0.2, -0.15) is 0 Å². The second-order valence-corrected chi connectivity index (χ2v) is 5.79. The minimum atomic E-state index is -0.320. The highest BCUT2D eigenvalue weighted by atomic mass is 16.5. The number of hydrogen-bond donors (Lipinski definition) is 2. The minimum Gasteiger partial charge on any atom is -0.493 e. The van der Waals surface area contributed by atoms with E-state index in [2.05, 4.69) is 5.32 Å². The molecule has 1 heterocycles. The van der Waals surface area contributed by atoms with E-state index in [1.54, 1.807) is 25.3 Å². The van der Waals surface area contributed by atoms with Gasteiger partial charge in [-0.3, -0.25) is 14.5 Å². The number of methoxy groups -OCH3 is 1. The number of primary amides is 1. The van der Waals surface area contributed by atoms with Crippen molar-refractivity contribution in [2.24, 2.45) is 5.73 Å². The van der Waals surface area contributed by atoms with Crippen molar-refractivity contribution < 1.29 is 19.1 Å². The van der Waals surface area contributed by atoms with Gasteiger partial charge in [0, 0.05) is 24.7 Å². The smallest absolute Gasteiger partial charge is 0.251 e. The monoisotopic (exact) mass is 335 g/mol. The van der Waals surface area contributed by atoms with Crippen molar-refractivity contribution >= 4 is 11.8 Å². The number of hydrogen-bond acceptors (Lipinski definition) is 5. The zero-order chi connectivity index (χ0) is 17.5. The topological polar surface area (TPSA) is 93.9 Å². The van der Waals surface area contributed by atoms with Crippen LogP contribution in [0.1, 0.15) is 30.1 Å². The van der Waals surface area contributed by atoms with Crippen LogP contribution < -0.4 is 20.5 Å². The van der Waals surface area contributed by atoms with E-state index >= 15 is 0 Å². The second kappa shape index (κ2) is 8.54. The molecule has 1 aromatic rings. The third-order valence-corrected chi connectivity index (χ3v) is 4.03. The summed E-state index contributed by atoms with van der Waals surface area (Å²) in [6.07, 6.45) is 1.60. The quantitative estimate of drug-likeness (QED) is 0.768. The summed E-state index contributed by atoms with van der Waals surface area (Å²) in [5, 5.41) is 3.03. The van der Waals surface area contributed by atoms with Gasteiger partial charge in [-0.1, -0.05) is 0 Å². The van der Waals surface area contributed by atoms with Gasteiger partial charge >= 0.3 is 0 Å². The largest absolute Gasteiger partial charge is 0.493 e. The Morgan fingerprint density at radius 1 is 1.29 bits per heavy atom. The maximum Gasteiger partial charge on any atom is 0.251 e. The van der Waals surface area contributed by atoms with Crippen molar-refractivity contribution in [3.8, 4) is 11.5 Å². The van der Waals surface area contributed by atoms with Crippen molar-refractivity contribution in [1.82, 2.24) is 10.2 Å². The Bertz CT molecular complexity index is 583. The van der Waals surface area contributed by atoms with Gasteiger partial charge in [0.25, 0.3) is 5.91 Å². The molecule has 0 atom stereocenters. The summed E-state index contributed by atoms with van der Waals surface area (Å²) in [7, 11) is 1.55. The van der Waals surface area contributed by atoms with Gasteiger partial charge in [0.15, 0.2) is 11.5 Å². The van der Waals surface area contributed by atoms with Crippen LogP contribution in [0, 0.1) is 0 Å². The zero-order valence-corrected chi connectivity index (χ0v) is 14.2. The van der Waals surface area contributed by atoms with Crippen LogP contribution in [0.15, 0.2) is 18.2 Å². The van der Waals surface area contributed by atoms with Gasteiger partial charge in [-0.15, -0.1) is 0 Å². The molecule has 132 valence electrons. The summed E-state index contributed by atoms with van der Waals surface area (Å²) >= 11 is 0. The molecule has 7 heteroatoms. The molecule has 2 rings (SSSR count). The molecule has 0 unspecified atom stereocenters. The minimum absolute atomic E-state index is 0.0965. The molecule has 24 heavy (non-hydrogen) atoms. The fraction of sp³-hybridized carbons (Fsp3) is 0.529. The molecule has 1 aliphatic rings. The van der Waals surface area contributed by atoms with Crippen molar-refractivity contribution in [2.75, 3.05) is 33.4 Å². The van der Waals surface area contributed by atoms with Gasteiger partial charge in [-0.05, 0) is 38.0 Å². The lowest BCUT2D eigenvalue weighted by molar-refractivity contribution is -0.119. The number of piperidine rings is 1. The Morgan fingerprint density at radius 2 is 2.00 bits per heavy atom. The standard InChI is InChI=1S/C17H25N3O4/c1-3-24-14-5-4-12(10-15(14)23-2)17(22)19-13-6-8-20(9-7-13)11-16(18)21/h4-5,10,13H,3,6-9,11H2,1-2H3,(H2,18,21)(H,19,22). The molecule has 0 aliphatic carbocycles. The number of benzene rings is 1. The van der Waals surface area contributed by atoms with E-state index in [1.807, 2.05) is 11.8 Å². The number of nitrogens with zero attached hydrogens (tertiary/aromatic N) is 1. The predicted octanol–water partition coefficient (Wildman–Crippen LogP) is 0.773. The van der Waals surface area contributed by atoms with E-state index in [1.165, 1.54) is 0 Å². The van der Waals surface area contributed by atoms with E-state index < -0.39 is 0 Å². The molecule has 1 fully saturated rings. The highest BCUT2D eigenvalue weighted by molar-refractivity contribution is 5.95. The third-order valence-electron chi connectivity index (χ3n) is 4.03. The summed E-state index contributed by atoms with van der Waals surface area (Å²) in [6.45, 7) is 4.20. The van der Waals surface area contributed by atoms with Gasteiger partial charge in [0.1, 0.15) is 0 Å². The normalized spacial score (nSPS) is 15.8. The summed E-state index contributed by atoms with van der Waals surface area (Å²) < 4.78 is 10.7. The summed E-state index contributed by atoms with van der Waals surface area (Å²) in [4.78, 5) is 25.4. The molecule has 1 saturated heterocycles. The van der Waals surface area contributed by atoms with Crippen LogP contribution in [-0.2, 0) is 4.79 Å². The average molecular weight is 335 g/mol. The molecule has 7 nitrogen and oxygen atoms in total. The van der Waals surface area contributed by atoms with E-state index in [9.17, 15) is 9.59 Å². The molecular formula is C17H25N3O4. The Balaban J connectivity index is 1.92. The highest BCUT2D eigenvalue weighted by Gasteiger charge is 2.22. The van der Waals surface area contributed by atoms with Crippen LogP contribution in [0.25, 0.3) is 0 Å². The Morgan fingerprint density at radius 3 is 2.58 bits per heavy atom. The molecule has 0 saturated carbocycles. The highest BCUT2D eigenvalue weighted by Crippen LogP contribution is 2.28. The van der Waals surface area contributed by atoms with Crippen molar-refractivity contribution in [1.29, 1.82) is 0 Å². The lowest BCUT2D eigenvalue weighted by atomic mass is 10.0. The van der Waals surface area contributed by atoms with Gasteiger partial charge in [0.2, 0.25) is 5.91 Å². The predicted molar refractivity (Wildman–Crippen MR) is 90.3 cm³/mol. The molecule has 0 radical (unpaired) electrons. The number of carbonyl (C=O) groups excluding carboxylic acids is 2. The van der Waals surface area contributed by atoms with Crippen LogP contribution in [0.3, 0.4) is 0 Å². The first-order valence-corrected chi connectivity index (χ1v) is 8.15. The lowest BCUT2D eigenvalue weighted by Gasteiger charge is -2.31. The van der Waals surface area contributed by atoms with Crippen molar-refractivity contribution in [3.63, 3.8) is 0 Å². The van der Waals surface area contributed by atoms with Crippen molar-refractivity contribution in [3.05, 3.63) is 23.8 Å². The second-order valence-electron chi connectivity index (χ2n) is 5.79. The van der Waals surface area contributed by atoms with Crippen LogP contribution in [0.2, 0.25) is 0 Å². The SMILES string of the molecule is CCOc1ccc(C(=O)NC2CCN(CC(N)=O)CC2)cc1OC. The molecule has 3 N–H and O–H groups in total. The van der Waals surface area contributed by atoms with Gasteiger partial charge < -0.3 is 20.5 Å². The first kappa shape index (κ1) is 18.1. The van der Waals surface area contributed by atoms with E-state index in [0.29, 0.717) is 23.7 Å². The number of carbonyl (C=O) groups is 2. The van der Waals surface area contributed by atoms with Gasteiger partial charge in [0.05, 0.1) is 20.3 Å². The Kier molecular flexibility index (Phi) is 6.43. The molecule has 0 aromatic heterocycles. The third kappa shape index (κ3) is 4.86. The maximum absolute atomic E-state index is 12.4.